The molecule has 2 N–H and O–H groups in total. The predicted molar refractivity (Wildman–Crippen MR) is 72.4 cm³/mol. The molecule has 104 valence electrons. The van der Waals surface area contributed by atoms with Crippen LogP contribution >= 0.6 is 0 Å². The maximum absolute atomic E-state index is 10.4. The molecule has 0 unspecified atom stereocenters. The molecule has 0 saturated carbocycles. The first-order valence-electron chi connectivity index (χ1n) is 6.07. The van der Waals surface area contributed by atoms with E-state index in [1.165, 1.54) is 0 Å². The zero-order chi connectivity index (χ0) is 13.4. The van der Waals surface area contributed by atoms with Gasteiger partial charge in [0.05, 0.1) is 5.75 Å². The van der Waals surface area contributed by atoms with Gasteiger partial charge < -0.3 is 9.74 Å². The third-order valence-electron chi connectivity index (χ3n) is 2.42. The average molecular weight is 283 g/mol. The molecule has 0 spiro atoms. The van der Waals surface area contributed by atoms with Crippen molar-refractivity contribution in [3.8, 4) is 0 Å². The fourth-order valence-corrected chi connectivity index (χ4v) is 4.07. The standard InChI is InChI=1S/C10H25NO4SSi/c1-4-15-17(2,3)10-6-8-11-7-5-9-16(12,13)14/h11H,4-10H2,1-3H3,(H,12,13,14). The Morgan fingerprint density at radius 3 is 2.35 bits per heavy atom. The predicted octanol–water partition coefficient (Wildman–Crippen LogP) is 1.49. The first-order valence-corrected chi connectivity index (χ1v) is 10.8. The minimum absolute atomic E-state index is 0.167. The summed E-state index contributed by atoms with van der Waals surface area (Å²) >= 11 is 0. The number of nitrogens with one attached hydrogen (secondary N) is 1. The smallest absolute Gasteiger partial charge is 0.264 e. The summed E-state index contributed by atoms with van der Waals surface area (Å²) in [5, 5.41) is 3.16. The summed E-state index contributed by atoms with van der Waals surface area (Å²) < 4.78 is 35.1. The summed E-state index contributed by atoms with van der Waals surface area (Å²) in [4.78, 5) is 0. The molecule has 0 aliphatic rings. The molecular formula is C10H25NO4SSi. The van der Waals surface area contributed by atoms with E-state index in [0.29, 0.717) is 13.0 Å². The monoisotopic (exact) mass is 283 g/mol. The summed E-state index contributed by atoms with van der Waals surface area (Å²) in [6.45, 7) is 8.69. The molecule has 0 fully saturated rings. The minimum Gasteiger partial charge on any atom is -0.418 e. The van der Waals surface area contributed by atoms with Gasteiger partial charge in [-0.15, -0.1) is 0 Å². The maximum atomic E-state index is 10.4. The van der Waals surface area contributed by atoms with Crippen LogP contribution in [-0.4, -0.2) is 46.7 Å². The molecule has 0 atom stereocenters. The highest BCUT2D eigenvalue weighted by molar-refractivity contribution is 7.85. The Bertz CT molecular complexity index is 293. The third kappa shape index (κ3) is 12.3. The molecule has 0 amide bonds. The molecule has 0 aliphatic carbocycles. The Labute approximate surface area is 106 Å². The Kier molecular flexibility index (Phi) is 8.22. The van der Waals surface area contributed by atoms with Gasteiger partial charge in [0, 0.05) is 6.61 Å². The summed E-state index contributed by atoms with van der Waals surface area (Å²) in [7, 11) is -5.28. The fraction of sp³-hybridized carbons (Fsp3) is 1.00. The van der Waals surface area contributed by atoms with E-state index in [2.05, 4.69) is 18.4 Å². The molecule has 7 heteroatoms. The first-order chi connectivity index (χ1) is 7.77. The van der Waals surface area contributed by atoms with Crippen LogP contribution in [-0.2, 0) is 14.5 Å². The van der Waals surface area contributed by atoms with Crippen LogP contribution in [0.25, 0.3) is 0 Å². The van der Waals surface area contributed by atoms with Crippen molar-refractivity contribution >= 4 is 18.4 Å². The summed E-state index contributed by atoms with van der Waals surface area (Å²) in [6.07, 6.45) is 1.50. The SMILES string of the molecule is CCO[Si](C)(C)CCCNCCCS(=O)(=O)O. The largest absolute Gasteiger partial charge is 0.418 e. The second-order valence-electron chi connectivity index (χ2n) is 4.69. The normalized spacial score (nSPS) is 12.9. The lowest BCUT2D eigenvalue weighted by Crippen LogP contribution is -2.31. The fourth-order valence-electron chi connectivity index (χ4n) is 1.61. The van der Waals surface area contributed by atoms with Gasteiger partial charge in [-0.05, 0) is 52.0 Å². The van der Waals surface area contributed by atoms with Gasteiger partial charge >= 0.3 is 0 Å². The van der Waals surface area contributed by atoms with E-state index in [-0.39, 0.29) is 5.75 Å². The topological polar surface area (TPSA) is 75.6 Å². The molecule has 0 aromatic rings. The van der Waals surface area contributed by atoms with Gasteiger partial charge in [0.1, 0.15) is 0 Å². The van der Waals surface area contributed by atoms with E-state index in [1.54, 1.807) is 0 Å². The van der Waals surface area contributed by atoms with Crippen molar-refractivity contribution in [2.24, 2.45) is 0 Å². The lowest BCUT2D eigenvalue weighted by Gasteiger charge is -2.21. The van der Waals surface area contributed by atoms with Gasteiger partial charge in [0.25, 0.3) is 10.1 Å². The summed E-state index contributed by atoms with van der Waals surface area (Å²) in [6, 6.07) is 1.10. The number of hydrogen-bond donors (Lipinski definition) is 2. The molecule has 0 bridgehead atoms. The molecule has 0 aliphatic heterocycles. The van der Waals surface area contributed by atoms with Gasteiger partial charge in [-0.2, -0.15) is 8.42 Å². The van der Waals surface area contributed by atoms with E-state index in [9.17, 15) is 8.42 Å². The zero-order valence-electron chi connectivity index (χ0n) is 11.0. The van der Waals surface area contributed by atoms with Crippen molar-refractivity contribution in [2.75, 3.05) is 25.4 Å². The maximum Gasteiger partial charge on any atom is 0.264 e. The minimum atomic E-state index is -3.80. The van der Waals surface area contributed by atoms with Crippen LogP contribution in [0.1, 0.15) is 19.8 Å². The number of hydrogen-bond acceptors (Lipinski definition) is 4. The van der Waals surface area contributed by atoms with E-state index < -0.39 is 18.4 Å². The van der Waals surface area contributed by atoms with Crippen LogP contribution < -0.4 is 5.32 Å². The Morgan fingerprint density at radius 1 is 1.24 bits per heavy atom. The van der Waals surface area contributed by atoms with E-state index >= 15 is 0 Å². The second-order valence-corrected chi connectivity index (χ2v) is 10.6. The van der Waals surface area contributed by atoms with Crippen LogP contribution in [0.3, 0.4) is 0 Å². The summed E-state index contributed by atoms with van der Waals surface area (Å²) in [5.41, 5.74) is 0. The Hall–Kier alpha value is 0.0469. The molecule has 5 nitrogen and oxygen atoms in total. The van der Waals surface area contributed by atoms with Crippen LogP contribution in [0.15, 0.2) is 0 Å². The van der Waals surface area contributed by atoms with Crippen molar-refractivity contribution in [3.05, 3.63) is 0 Å². The number of rotatable bonds is 10. The highest BCUT2D eigenvalue weighted by Crippen LogP contribution is 2.12. The van der Waals surface area contributed by atoms with Gasteiger partial charge in [-0.3, -0.25) is 4.55 Å². The Balaban J connectivity index is 3.41. The Morgan fingerprint density at radius 2 is 1.82 bits per heavy atom. The van der Waals surface area contributed by atoms with Crippen LogP contribution in [0.4, 0.5) is 0 Å². The van der Waals surface area contributed by atoms with Gasteiger partial charge in [-0.1, -0.05) is 0 Å². The highest BCUT2D eigenvalue weighted by Gasteiger charge is 2.20. The van der Waals surface area contributed by atoms with Gasteiger partial charge in [0.15, 0.2) is 8.32 Å². The lowest BCUT2D eigenvalue weighted by atomic mass is 10.4. The van der Waals surface area contributed by atoms with Crippen LogP contribution in [0.2, 0.25) is 19.1 Å². The van der Waals surface area contributed by atoms with Crippen LogP contribution in [0, 0.1) is 0 Å². The lowest BCUT2D eigenvalue weighted by molar-refractivity contribution is 0.328. The third-order valence-corrected chi connectivity index (χ3v) is 5.86. The van der Waals surface area contributed by atoms with Crippen molar-refractivity contribution in [1.82, 2.24) is 5.32 Å². The molecule has 0 heterocycles. The molecule has 0 rings (SSSR count). The van der Waals surface area contributed by atoms with Gasteiger partial charge in [0.2, 0.25) is 0 Å². The second kappa shape index (κ2) is 8.20. The van der Waals surface area contributed by atoms with Crippen molar-refractivity contribution in [1.29, 1.82) is 0 Å². The van der Waals surface area contributed by atoms with E-state index in [0.717, 1.165) is 25.6 Å². The first kappa shape index (κ1) is 17.0. The zero-order valence-corrected chi connectivity index (χ0v) is 12.8. The molecular weight excluding hydrogens is 258 g/mol. The van der Waals surface area contributed by atoms with Crippen molar-refractivity contribution in [2.45, 2.75) is 38.9 Å². The molecule has 0 radical (unpaired) electrons. The van der Waals surface area contributed by atoms with E-state index in [1.807, 2.05) is 6.92 Å². The average Bonchev–Trinajstić information content (AvgIpc) is 2.14. The van der Waals surface area contributed by atoms with Gasteiger partial charge in [-0.25, -0.2) is 0 Å². The molecule has 0 aromatic carbocycles. The summed E-state index contributed by atoms with van der Waals surface area (Å²) in [5.74, 6) is -0.167. The molecule has 0 saturated heterocycles. The quantitative estimate of drug-likeness (QED) is 0.361. The van der Waals surface area contributed by atoms with E-state index in [4.69, 9.17) is 8.98 Å². The molecule has 0 aromatic heterocycles. The molecule has 17 heavy (non-hydrogen) atoms. The highest BCUT2D eigenvalue weighted by atomic mass is 32.2. The van der Waals surface area contributed by atoms with Crippen molar-refractivity contribution in [3.63, 3.8) is 0 Å². The van der Waals surface area contributed by atoms with Crippen molar-refractivity contribution < 1.29 is 17.4 Å². The van der Waals surface area contributed by atoms with Crippen LogP contribution in [0.5, 0.6) is 0 Å².